The molecule has 2 heterocycles. The number of rotatable bonds is 5. The predicted octanol–water partition coefficient (Wildman–Crippen LogP) is 3.33. The van der Waals surface area contributed by atoms with Crippen LogP contribution in [0.3, 0.4) is 0 Å². The fraction of sp³-hybridized carbons (Fsp3) is 0.312. The van der Waals surface area contributed by atoms with Gasteiger partial charge in [0.05, 0.1) is 16.5 Å². The van der Waals surface area contributed by atoms with Gasteiger partial charge in [-0.05, 0) is 31.0 Å². The minimum Gasteiger partial charge on any atom is -0.481 e. The Morgan fingerprint density at radius 2 is 2.07 bits per heavy atom. The zero-order chi connectivity index (χ0) is 19.6. The molecule has 0 bridgehead atoms. The number of carboxylic acids is 1. The van der Waals surface area contributed by atoms with Crippen LogP contribution in [0.15, 0.2) is 29.0 Å². The van der Waals surface area contributed by atoms with Gasteiger partial charge in [0.25, 0.3) is 0 Å². The number of carbonyl (C=O) groups is 1. The van der Waals surface area contributed by atoms with Gasteiger partial charge in [-0.1, -0.05) is 15.9 Å². The molecule has 0 atom stereocenters. The van der Waals surface area contributed by atoms with Crippen LogP contribution in [-0.2, 0) is 4.79 Å². The summed E-state index contributed by atoms with van der Waals surface area (Å²) in [6.45, 7) is 0.641. The molecular formula is C16H15BrFN5O4. The Balaban J connectivity index is 1.91. The molecule has 1 saturated heterocycles. The summed E-state index contributed by atoms with van der Waals surface area (Å²) in [6, 6.07) is 4.26. The Kier molecular flexibility index (Phi) is 5.49. The molecule has 11 heteroatoms. The zero-order valence-corrected chi connectivity index (χ0v) is 15.5. The van der Waals surface area contributed by atoms with Gasteiger partial charge in [0.1, 0.15) is 12.1 Å². The second-order valence-electron chi connectivity index (χ2n) is 6.00. The summed E-state index contributed by atoms with van der Waals surface area (Å²) in [5.41, 5.74) is -0.343. The van der Waals surface area contributed by atoms with Crippen LogP contribution >= 0.6 is 15.9 Å². The smallest absolute Gasteiger partial charge is 0.353 e. The van der Waals surface area contributed by atoms with Crippen molar-refractivity contribution >= 4 is 44.9 Å². The first-order valence-corrected chi connectivity index (χ1v) is 8.85. The van der Waals surface area contributed by atoms with E-state index >= 15 is 0 Å². The lowest BCUT2D eigenvalue weighted by Gasteiger charge is -2.30. The van der Waals surface area contributed by atoms with E-state index in [1.807, 2.05) is 0 Å². The van der Waals surface area contributed by atoms with Gasteiger partial charge < -0.3 is 15.3 Å². The van der Waals surface area contributed by atoms with E-state index in [4.69, 9.17) is 5.11 Å². The third-order valence-electron chi connectivity index (χ3n) is 4.31. The Hall–Kier alpha value is -2.82. The number of aromatic nitrogens is 2. The molecule has 0 saturated carbocycles. The van der Waals surface area contributed by atoms with Crippen LogP contribution in [0, 0.1) is 21.8 Å². The molecule has 1 aliphatic rings. The van der Waals surface area contributed by atoms with Crippen molar-refractivity contribution in [2.24, 2.45) is 5.92 Å². The first-order chi connectivity index (χ1) is 12.9. The van der Waals surface area contributed by atoms with E-state index in [0.717, 1.165) is 6.33 Å². The Morgan fingerprint density at radius 3 is 2.67 bits per heavy atom. The topological polar surface area (TPSA) is 121 Å². The highest BCUT2D eigenvalue weighted by molar-refractivity contribution is 9.10. The lowest BCUT2D eigenvalue weighted by Crippen LogP contribution is -2.37. The highest BCUT2D eigenvalue weighted by Gasteiger charge is 2.31. The van der Waals surface area contributed by atoms with Crippen molar-refractivity contribution in [3.63, 3.8) is 0 Å². The van der Waals surface area contributed by atoms with Crippen molar-refractivity contribution in [3.05, 3.63) is 44.9 Å². The maximum Gasteiger partial charge on any atom is 0.353 e. The SMILES string of the molecule is O=C(O)C1CCN(c2ncnc(Nc3ccc(Br)cc3F)c2[N+](=O)[O-])CC1. The molecule has 3 rings (SSSR count). The summed E-state index contributed by atoms with van der Waals surface area (Å²) in [4.78, 5) is 31.7. The second-order valence-corrected chi connectivity index (χ2v) is 6.92. The van der Waals surface area contributed by atoms with Gasteiger partial charge in [0.2, 0.25) is 11.6 Å². The molecule has 0 unspecified atom stereocenters. The highest BCUT2D eigenvalue weighted by Crippen LogP contribution is 2.36. The molecule has 0 spiro atoms. The van der Waals surface area contributed by atoms with Gasteiger partial charge in [-0.3, -0.25) is 14.9 Å². The number of carboxylic acid groups (broad SMARTS) is 1. The molecule has 0 radical (unpaired) electrons. The first-order valence-electron chi connectivity index (χ1n) is 8.06. The van der Waals surface area contributed by atoms with Crippen molar-refractivity contribution in [1.29, 1.82) is 0 Å². The van der Waals surface area contributed by atoms with Crippen molar-refractivity contribution in [1.82, 2.24) is 9.97 Å². The minimum absolute atomic E-state index is 0.0375. The second kappa shape index (κ2) is 7.82. The molecular weight excluding hydrogens is 425 g/mol. The van der Waals surface area contributed by atoms with Gasteiger partial charge in [-0.15, -0.1) is 0 Å². The van der Waals surface area contributed by atoms with Crippen LogP contribution in [0.4, 0.5) is 27.4 Å². The summed E-state index contributed by atoms with van der Waals surface area (Å²) in [5.74, 6) is -2.00. The quantitative estimate of drug-likeness (QED) is 0.537. The normalized spacial score (nSPS) is 14.8. The molecule has 27 heavy (non-hydrogen) atoms. The highest BCUT2D eigenvalue weighted by atomic mass is 79.9. The van der Waals surface area contributed by atoms with Gasteiger partial charge in [0, 0.05) is 17.6 Å². The summed E-state index contributed by atoms with van der Waals surface area (Å²) in [6.07, 6.45) is 1.88. The Labute approximate surface area is 161 Å². The summed E-state index contributed by atoms with van der Waals surface area (Å²) in [7, 11) is 0. The standard InChI is InChI=1S/C16H15BrFN5O4/c17-10-1-2-12(11(18)7-10)21-14-13(23(26)27)15(20-8-19-14)22-5-3-9(4-6-22)16(24)25/h1-2,7-9H,3-6H2,(H,24,25)(H,19,20,21). The number of hydrogen-bond acceptors (Lipinski definition) is 7. The molecule has 2 aromatic rings. The van der Waals surface area contributed by atoms with Gasteiger partial charge in [0.15, 0.2) is 0 Å². The van der Waals surface area contributed by atoms with Crippen LogP contribution in [0.2, 0.25) is 0 Å². The third-order valence-corrected chi connectivity index (χ3v) is 4.81. The molecule has 1 aromatic carbocycles. The predicted molar refractivity (Wildman–Crippen MR) is 98.6 cm³/mol. The fourth-order valence-electron chi connectivity index (χ4n) is 2.92. The number of anilines is 3. The van der Waals surface area contributed by atoms with Crippen LogP contribution in [0.5, 0.6) is 0 Å². The number of nitrogens with one attached hydrogen (secondary N) is 1. The van der Waals surface area contributed by atoms with Crippen LogP contribution in [0.25, 0.3) is 0 Å². The molecule has 1 fully saturated rings. The number of benzene rings is 1. The first kappa shape index (κ1) is 19.0. The third kappa shape index (κ3) is 4.13. The Morgan fingerprint density at radius 1 is 1.37 bits per heavy atom. The molecule has 142 valence electrons. The van der Waals surface area contributed by atoms with E-state index in [-0.39, 0.29) is 23.0 Å². The van der Waals surface area contributed by atoms with Crippen molar-refractivity contribution in [3.8, 4) is 0 Å². The summed E-state index contributed by atoms with van der Waals surface area (Å²) in [5, 5.41) is 23.4. The lowest BCUT2D eigenvalue weighted by atomic mass is 9.97. The molecule has 9 nitrogen and oxygen atoms in total. The number of hydrogen-bond donors (Lipinski definition) is 2. The number of aliphatic carboxylic acids is 1. The van der Waals surface area contributed by atoms with E-state index in [2.05, 4.69) is 31.2 Å². The van der Waals surface area contributed by atoms with Gasteiger partial charge in [-0.25, -0.2) is 14.4 Å². The molecule has 1 aliphatic heterocycles. The van der Waals surface area contributed by atoms with E-state index in [9.17, 15) is 19.3 Å². The molecule has 0 aliphatic carbocycles. The van der Waals surface area contributed by atoms with Crippen LogP contribution in [0.1, 0.15) is 12.8 Å². The van der Waals surface area contributed by atoms with Crippen LogP contribution in [-0.4, -0.2) is 39.1 Å². The number of piperidine rings is 1. The van der Waals surface area contributed by atoms with E-state index in [1.54, 1.807) is 11.0 Å². The van der Waals surface area contributed by atoms with E-state index in [0.29, 0.717) is 30.4 Å². The molecule has 1 aromatic heterocycles. The van der Waals surface area contributed by atoms with Crippen molar-refractivity contribution in [2.45, 2.75) is 12.8 Å². The summed E-state index contributed by atoms with van der Waals surface area (Å²) < 4.78 is 14.6. The maximum atomic E-state index is 14.1. The minimum atomic E-state index is -0.875. The fourth-order valence-corrected chi connectivity index (χ4v) is 3.25. The molecule has 0 amide bonds. The molecule has 2 N–H and O–H groups in total. The number of nitrogens with zero attached hydrogens (tertiary/aromatic N) is 4. The monoisotopic (exact) mass is 439 g/mol. The van der Waals surface area contributed by atoms with Crippen molar-refractivity contribution in [2.75, 3.05) is 23.3 Å². The zero-order valence-electron chi connectivity index (χ0n) is 13.9. The largest absolute Gasteiger partial charge is 0.481 e. The average Bonchev–Trinajstić information content (AvgIpc) is 2.63. The number of halogens is 2. The van der Waals surface area contributed by atoms with E-state index in [1.165, 1.54) is 12.1 Å². The van der Waals surface area contributed by atoms with E-state index < -0.39 is 22.6 Å². The summed E-state index contributed by atoms with van der Waals surface area (Å²) >= 11 is 3.15. The maximum absolute atomic E-state index is 14.1. The average molecular weight is 440 g/mol. The van der Waals surface area contributed by atoms with Crippen molar-refractivity contribution < 1.29 is 19.2 Å². The lowest BCUT2D eigenvalue weighted by molar-refractivity contribution is -0.383. The van der Waals surface area contributed by atoms with Crippen LogP contribution < -0.4 is 10.2 Å². The number of nitro groups is 1. The van der Waals surface area contributed by atoms with Gasteiger partial charge in [-0.2, -0.15) is 0 Å². The van der Waals surface area contributed by atoms with Gasteiger partial charge >= 0.3 is 11.7 Å². The Bertz CT molecular complexity index is 889.